The van der Waals surface area contributed by atoms with Crippen LogP contribution in [0.2, 0.25) is 0 Å². The van der Waals surface area contributed by atoms with E-state index in [1.807, 2.05) is 6.92 Å². The molecule has 17 heavy (non-hydrogen) atoms. The van der Waals surface area contributed by atoms with Gasteiger partial charge in [-0.2, -0.15) is 0 Å². The first-order valence-electron chi connectivity index (χ1n) is 5.59. The van der Waals surface area contributed by atoms with Crippen LogP contribution in [0.1, 0.15) is 17.3 Å². The molecule has 1 atom stereocenters. The smallest absolute Gasteiger partial charge is 0.256 e. The lowest BCUT2D eigenvalue weighted by molar-refractivity contribution is 0.0704. The highest BCUT2D eigenvalue weighted by Crippen LogP contribution is 2.17. The summed E-state index contributed by atoms with van der Waals surface area (Å²) in [4.78, 5) is 13.7. The van der Waals surface area contributed by atoms with Crippen LogP contribution in [0.4, 0.5) is 4.39 Å². The van der Waals surface area contributed by atoms with Crippen LogP contribution in [0.5, 0.6) is 5.75 Å². The Bertz CT molecular complexity index is 437. The second-order valence-corrected chi connectivity index (χ2v) is 4.27. The molecule has 1 aromatic rings. The van der Waals surface area contributed by atoms with E-state index in [1.54, 1.807) is 4.90 Å². The highest BCUT2D eigenvalue weighted by Gasteiger charge is 2.23. The van der Waals surface area contributed by atoms with E-state index in [-0.39, 0.29) is 23.3 Å². The predicted molar refractivity (Wildman–Crippen MR) is 61.4 cm³/mol. The molecule has 0 spiro atoms. The van der Waals surface area contributed by atoms with Gasteiger partial charge >= 0.3 is 0 Å². The standard InChI is InChI=1S/C12H15FN2O2/c1-8-7-15(5-4-14-8)12(17)10-3-2-9(16)6-11(10)13/h2-3,6,8,14,16H,4-5,7H2,1H3/t8-/m0/s1. The zero-order valence-corrected chi connectivity index (χ0v) is 9.61. The van der Waals surface area contributed by atoms with E-state index in [1.165, 1.54) is 12.1 Å². The van der Waals surface area contributed by atoms with Gasteiger partial charge in [-0.15, -0.1) is 0 Å². The molecule has 0 bridgehead atoms. The Labute approximate surface area is 99.0 Å². The Kier molecular flexibility index (Phi) is 3.28. The van der Waals surface area contributed by atoms with Crippen molar-refractivity contribution in [3.63, 3.8) is 0 Å². The molecule has 1 aliphatic heterocycles. The predicted octanol–water partition coefficient (Wildman–Crippen LogP) is 0.965. The number of piperazine rings is 1. The number of amides is 1. The average Bonchev–Trinajstić information content (AvgIpc) is 2.28. The number of carbonyl (C=O) groups excluding carboxylic acids is 1. The molecule has 0 unspecified atom stereocenters. The summed E-state index contributed by atoms with van der Waals surface area (Å²) in [5.74, 6) is -1.18. The van der Waals surface area contributed by atoms with Gasteiger partial charge in [0.1, 0.15) is 11.6 Å². The number of nitrogens with zero attached hydrogens (tertiary/aromatic N) is 1. The SMILES string of the molecule is C[C@H]1CN(C(=O)c2ccc(O)cc2F)CCN1. The maximum atomic E-state index is 13.5. The summed E-state index contributed by atoms with van der Waals surface area (Å²) < 4.78 is 13.5. The van der Waals surface area contributed by atoms with E-state index in [0.29, 0.717) is 19.6 Å². The third-order valence-corrected chi connectivity index (χ3v) is 2.84. The number of benzene rings is 1. The largest absolute Gasteiger partial charge is 0.508 e. The fraction of sp³-hybridized carbons (Fsp3) is 0.417. The molecule has 1 heterocycles. The zero-order valence-electron chi connectivity index (χ0n) is 9.61. The van der Waals surface area contributed by atoms with Gasteiger partial charge in [0, 0.05) is 31.7 Å². The minimum atomic E-state index is -0.679. The van der Waals surface area contributed by atoms with E-state index in [0.717, 1.165) is 6.07 Å². The van der Waals surface area contributed by atoms with Crippen molar-refractivity contribution in [1.29, 1.82) is 0 Å². The van der Waals surface area contributed by atoms with Gasteiger partial charge in [0.15, 0.2) is 0 Å². The topological polar surface area (TPSA) is 52.6 Å². The van der Waals surface area contributed by atoms with E-state index in [9.17, 15) is 9.18 Å². The summed E-state index contributed by atoms with van der Waals surface area (Å²) in [6.07, 6.45) is 0. The Morgan fingerprint density at radius 2 is 2.35 bits per heavy atom. The molecule has 2 N–H and O–H groups in total. The summed E-state index contributed by atoms with van der Waals surface area (Å²) in [7, 11) is 0. The fourth-order valence-corrected chi connectivity index (χ4v) is 1.96. The van der Waals surface area contributed by atoms with Gasteiger partial charge in [0.25, 0.3) is 5.91 Å². The van der Waals surface area contributed by atoms with Crippen molar-refractivity contribution in [2.75, 3.05) is 19.6 Å². The average molecular weight is 238 g/mol. The summed E-state index contributed by atoms with van der Waals surface area (Å²) >= 11 is 0. The molecule has 1 fully saturated rings. The lowest BCUT2D eigenvalue weighted by Crippen LogP contribution is -2.51. The summed E-state index contributed by atoms with van der Waals surface area (Å²) in [5.41, 5.74) is 0.0110. The van der Waals surface area contributed by atoms with Crippen molar-refractivity contribution in [3.8, 4) is 5.75 Å². The summed E-state index contributed by atoms with van der Waals surface area (Å²) in [5, 5.41) is 12.3. The number of hydrogen-bond acceptors (Lipinski definition) is 3. The van der Waals surface area contributed by atoms with Gasteiger partial charge in [-0.3, -0.25) is 4.79 Å². The van der Waals surface area contributed by atoms with Crippen molar-refractivity contribution in [1.82, 2.24) is 10.2 Å². The monoisotopic (exact) mass is 238 g/mol. The van der Waals surface area contributed by atoms with Crippen LogP contribution in [0.25, 0.3) is 0 Å². The first-order valence-corrected chi connectivity index (χ1v) is 5.59. The van der Waals surface area contributed by atoms with Crippen molar-refractivity contribution in [2.45, 2.75) is 13.0 Å². The molecule has 0 aromatic heterocycles. The van der Waals surface area contributed by atoms with Crippen LogP contribution in [-0.4, -0.2) is 41.6 Å². The molecular formula is C12H15FN2O2. The first-order chi connectivity index (χ1) is 8.08. The minimum Gasteiger partial charge on any atom is -0.508 e. The molecule has 5 heteroatoms. The van der Waals surface area contributed by atoms with Crippen LogP contribution >= 0.6 is 0 Å². The van der Waals surface area contributed by atoms with Gasteiger partial charge in [-0.25, -0.2) is 4.39 Å². The number of hydrogen-bond donors (Lipinski definition) is 2. The van der Waals surface area contributed by atoms with Crippen LogP contribution in [0.3, 0.4) is 0 Å². The Balaban J connectivity index is 2.18. The number of rotatable bonds is 1. The molecule has 0 aliphatic carbocycles. The van der Waals surface area contributed by atoms with Gasteiger partial charge in [-0.1, -0.05) is 0 Å². The third-order valence-electron chi connectivity index (χ3n) is 2.84. The van der Waals surface area contributed by atoms with Gasteiger partial charge in [0.2, 0.25) is 0 Å². The van der Waals surface area contributed by atoms with E-state index in [4.69, 9.17) is 5.11 Å². The molecule has 92 valence electrons. The molecule has 1 aromatic carbocycles. The van der Waals surface area contributed by atoms with Gasteiger partial charge < -0.3 is 15.3 Å². The van der Waals surface area contributed by atoms with Gasteiger partial charge in [0.05, 0.1) is 5.56 Å². The van der Waals surface area contributed by atoms with Crippen LogP contribution in [0, 0.1) is 5.82 Å². The summed E-state index contributed by atoms with van der Waals surface area (Å²) in [6, 6.07) is 3.81. The van der Waals surface area contributed by atoms with Crippen molar-refractivity contribution >= 4 is 5.91 Å². The molecule has 0 radical (unpaired) electrons. The van der Waals surface area contributed by atoms with Crippen LogP contribution in [0.15, 0.2) is 18.2 Å². The Morgan fingerprint density at radius 1 is 1.59 bits per heavy atom. The molecular weight excluding hydrogens is 223 g/mol. The number of nitrogens with one attached hydrogen (secondary N) is 1. The normalized spacial score (nSPS) is 20.4. The molecule has 1 aliphatic rings. The van der Waals surface area contributed by atoms with Gasteiger partial charge in [-0.05, 0) is 19.1 Å². The van der Waals surface area contributed by atoms with Crippen LogP contribution in [-0.2, 0) is 0 Å². The van der Waals surface area contributed by atoms with E-state index in [2.05, 4.69) is 5.32 Å². The molecule has 1 amide bonds. The Morgan fingerprint density at radius 3 is 3.00 bits per heavy atom. The number of aromatic hydroxyl groups is 1. The highest BCUT2D eigenvalue weighted by molar-refractivity contribution is 5.94. The number of carbonyl (C=O) groups is 1. The van der Waals surface area contributed by atoms with Crippen LogP contribution < -0.4 is 5.32 Å². The lowest BCUT2D eigenvalue weighted by Gasteiger charge is -2.32. The maximum Gasteiger partial charge on any atom is 0.256 e. The van der Waals surface area contributed by atoms with E-state index >= 15 is 0 Å². The first kappa shape index (κ1) is 11.9. The molecule has 0 saturated carbocycles. The second-order valence-electron chi connectivity index (χ2n) is 4.27. The summed E-state index contributed by atoms with van der Waals surface area (Å²) in [6.45, 7) is 3.84. The molecule has 1 saturated heterocycles. The highest BCUT2D eigenvalue weighted by atomic mass is 19.1. The van der Waals surface area contributed by atoms with Crippen molar-refractivity contribution < 1.29 is 14.3 Å². The number of halogens is 1. The Hall–Kier alpha value is -1.62. The van der Waals surface area contributed by atoms with Crippen molar-refractivity contribution in [2.24, 2.45) is 0 Å². The molecule has 4 nitrogen and oxygen atoms in total. The second kappa shape index (κ2) is 4.71. The quantitative estimate of drug-likeness (QED) is 0.766. The van der Waals surface area contributed by atoms with E-state index < -0.39 is 5.82 Å². The maximum absolute atomic E-state index is 13.5. The minimum absolute atomic E-state index is 0.0110. The number of phenolic OH excluding ortho intramolecular Hbond substituents is 1. The lowest BCUT2D eigenvalue weighted by atomic mass is 10.1. The molecule has 2 rings (SSSR count). The number of phenols is 1. The third kappa shape index (κ3) is 2.55. The zero-order chi connectivity index (χ0) is 12.4. The fourth-order valence-electron chi connectivity index (χ4n) is 1.96. The van der Waals surface area contributed by atoms with Crippen molar-refractivity contribution in [3.05, 3.63) is 29.6 Å².